The van der Waals surface area contributed by atoms with E-state index in [1.54, 1.807) is 66.7 Å². The fraction of sp³-hybridized carbons (Fsp3) is 0.524. The monoisotopic (exact) mass is 420 g/mol. The Morgan fingerprint density at radius 3 is 1.93 bits per heavy atom. The lowest BCUT2D eigenvalue weighted by Crippen LogP contribution is -2.47. The predicted octanol–water partition coefficient (Wildman–Crippen LogP) is 3.94. The van der Waals surface area contributed by atoms with Gasteiger partial charge in [0.15, 0.2) is 0 Å². The van der Waals surface area contributed by atoms with Gasteiger partial charge in [-0.05, 0) is 59.2 Å². The zero-order valence-corrected chi connectivity index (χ0v) is 18.7. The van der Waals surface area contributed by atoms with Crippen molar-refractivity contribution >= 4 is 29.7 Å². The molecule has 1 aromatic carbocycles. The number of anilines is 1. The zero-order chi connectivity index (χ0) is 22.9. The quantitative estimate of drug-likeness (QED) is 0.504. The average molecular weight is 421 g/mol. The van der Waals surface area contributed by atoms with Crippen LogP contribution >= 0.6 is 0 Å². The van der Waals surface area contributed by atoms with Crippen molar-refractivity contribution in [3.05, 3.63) is 29.8 Å². The van der Waals surface area contributed by atoms with Gasteiger partial charge in [-0.2, -0.15) is 0 Å². The lowest BCUT2D eigenvalue weighted by molar-refractivity contribution is -0.115. The summed E-state index contributed by atoms with van der Waals surface area (Å²) < 4.78 is 10.4. The Hall–Kier alpha value is -3.10. The van der Waals surface area contributed by atoms with Crippen LogP contribution in [0.2, 0.25) is 0 Å². The molecular formula is C21H32N4O5. The smallest absolute Gasteiger partial charge is 0.414 e. The number of carbonyl (C=O) groups is 3. The van der Waals surface area contributed by atoms with Crippen LogP contribution in [-0.2, 0) is 20.8 Å². The van der Waals surface area contributed by atoms with E-state index in [1.807, 2.05) is 6.07 Å². The van der Waals surface area contributed by atoms with E-state index >= 15 is 0 Å². The fourth-order valence-electron chi connectivity index (χ4n) is 2.08. The highest BCUT2D eigenvalue weighted by Crippen LogP contribution is 2.12. The van der Waals surface area contributed by atoms with Crippen LogP contribution < -0.4 is 16.0 Å². The maximum Gasteiger partial charge on any atom is 0.414 e. The third-order valence-electron chi connectivity index (χ3n) is 3.19. The van der Waals surface area contributed by atoms with Crippen LogP contribution in [0, 0.1) is 0 Å². The van der Waals surface area contributed by atoms with Crippen LogP contribution in [0.5, 0.6) is 0 Å². The Bertz CT molecular complexity index is 759. The van der Waals surface area contributed by atoms with Crippen molar-refractivity contribution in [2.24, 2.45) is 4.99 Å². The highest BCUT2D eigenvalue weighted by molar-refractivity contribution is 6.01. The molecule has 166 valence electrons. The molecule has 0 fully saturated rings. The molecular weight excluding hydrogens is 388 g/mol. The molecule has 9 heteroatoms. The number of nitrogens with one attached hydrogen (secondary N) is 3. The number of amides is 3. The van der Waals surface area contributed by atoms with Crippen molar-refractivity contribution in [3.63, 3.8) is 0 Å². The largest absolute Gasteiger partial charge is 0.444 e. The van der Waals surface area contributed by atoms with Crippen LogP contribution in [0.1, 0.15) is 60.5 Å². The Kier molecular flexibility index (Phi) is 8.82. The number of rotatable bonds is 4. The number of guanidine groups is 1. The summed E-state index contributed by atoms with van der Waals surface area (Å²) in [5.41, 5.74) is -0.0328. The van der Waals surface area contributed by atoms with E-state index in [4.69, 9.17) is 9.47 Å². The summed E-state index contributed by atoms with van der Waals surface area (Å²) in [4.78, 5) is 40.0. The first-order valence-corrected chi connectivity index (χ1v) is 9.70. The topological polar surface area (TPSA) is 118 Å². The minimum absolute atomic E-state index is 0.102. The van der Waals surface area contributed by atoms with Crippen molar-refractivity contribution in [1.82, 2.24) is 10.6 Å². The Labute approximate surface area is 177 Å². The SMILES string of the molecule is CCC(=O)Nc1cccc(CN=C(NC(=O)OC(C)(C)C)NC(=O)OC(C)(C)C)c1. The average Bonchev–Trinajstić information content (AvgIpc) is 2.56. The number of nitrogens with zero attached hydrogens (tertiary/aromatic N) is 1. The number of alkyl carbamates (subject to hydrolysis) is 2. The van der Waals surface area contributed by atoms with Crippen molar-refractivity contribution in [1.29, 1.82) is 0 Å². The molecule has 0 saturated carbocycles. The van der Waals surface area contributed by atoms with Gasteiger partial charge in [-0.3, -0.25) is 15.4 Å². The van der Waals surface area contributed by atoms with Gasteiger partial charge in [0.25, 0.3) is 0 Å². The molecule has 0 unspecified atom stereocenters. The van der Waals surface area contributed by atoms with Crippen LogP contribution in [0.4, 0.5) is 15.3 Å². The lowest BCUT2D eigenvalue weighted by Gasteiger charge is -2.22. The molecule has 3 N–H and O–H groups in total. The summed E-state index contributed by atoms with van der Waals surface area (Å²) in [7, 11) is 0. The van der Waals surface area contributed by atoms with E-state index < -0.39 is 23.4 Å². The van der Waals surface area contributed by atoms with Gasteiger partial charge in [0, 0.05) is 12.1 Å². The van der Waals surface area contributed by atoms with E-state index in [0.717, 1.165) is 5.56 Å². The molecule has 1 aromatic rings. The van der Waals surface area contributed by atoms with Gasteiger partial charge < -0.3 is 14.8 Å². The number of hydrogen-bond donors (Lipinski definition) is 3. The second-order valence-corrected chi connectivity index (χ2v) is 8.52. The van der Waals surface area contributed by atoms with Crippen LogP contribution in [0.3, 0.4) is 0 Å². The number of aliphatic imine (C=N–C) groups is 1. The summed E-state index contributed by atoms with van der Waals surface area (Å²) in [5.74, 6) is -0.212. The van der Waals surface area contributed by atoms with E-state index in [2.05, 4.69) is 20.9 Å². The molecule has 0 aliphatic heterocycles. The van der Waals surface area contributed by atoms with Gasteiger partial charge in [0.1, 0.15) is 11.2 Å². The van der Waals surface area contributed by atoms with Gasteiger partial charge in [-0.1, -0.05) is 19.1 Å². The second-order valence-electron chi connectivity index (χ2n) is 8.52. The molecule has 0 radical (unpaired) electrons. The van der Waals surface area contributed by atoms with Crippen molar-refractivity contribution in [2.45, 2.75) is 72.6 Å². The van der Waals surface area contributed by atoms with E-state index in [1.165, 1.54) is 0 Å². The number of benzene rings is 1. The minimum atomic E-state index is -0.763. The maximum atomic E-state index is 12.1. The van der Waals surface area contributed by atoms with Gasteiger partial charge in [-0.25, -0.2) is 14.6 Å². The zero-order valence-electron chi connectivity index (χ0n) is 18.7. The fourth-order valence-corrected chi connectivity index (χ4v) is 2.08. The van der Waals surface area contributed by atoms with Gasteiger partial charge in [0.05, 0.1) is 6.54 Å². The first-order valence-electron chi connectivity index (χ1n) is 9.70. The van der Waals surface area contributed by atoms with Gasteiger partial charge >= 0.3 is 12.2 Å². The number of carbonyl (C=O) groups excluding carboxylic acids is 3. The predicted molar refractivity (Wildman–Crippen MR) is 115 cm³/mol. The third kappa shape index (κ3) is 11.0. The van der Waals surface area contributed by atoms with E-state index in [0.29, 0.717) is 12.1 Å². The van der Waals surface area contributed by atoms with Crippen molar-refractivity contribution in [2.75, 3.05) is 5.32 Å². The van der Waals surface area contributed by atoms with Gasteiger partial charge in [0.2, 0.25) is 11.9 Å². The molecule has 0 aromatic heterocycles. The molecule has 0 spiro atoms. The van der Waals surface area contributed by atoms with Crippen molar-refractivity contribution in [3.8, 4) is 0 Å². The Balaban J connectivity index is 2.95. The molecule has 0 atom stereocenters. The highest BCUT2D eigenvalue weighted by Gasteiger charge is 2.21. The summed E-state index contributed by atoms with van der Waals surface area (Å²) in [5, 5.41) is 7.62. The summed E-state index contributed by atoms with van der Waals surface area (Å²) in [6.45, 7) is 12.2. The normalized spacial score (nSPS) is 11.2. The molecule has 0 heterocycles. The Morgan fingerprint density at radius 2 is 1.47 bits per heavy atom. The number of hydrogen-bond acceptors (Lipinski definition) is 6. The number of ether oxygens (including phenoxy) is 2. The lowest BCUT2D eigenvalue weighted by atomic mass is 10.2. The second kappa shape index (κ2) is 10.6. The summed E-state index contributed by atoms with van der Waals surface area (Å²) >= 11 is 0. The van der Waals surface area contributed by atoms with Crippen LogP contribution in [0.25, 0.3) is 0 Å². The molecule has 3 amide bonds. The van der Waals surface area contributed by atoms with Crippen molar-refractivity contribution < 1.29 is 23.9 Å². The summed E-state index contributed by atoms with van der Waals surface area (Å²) in [6, 6.07) is 7.11. The minimum Gasteiger partial charge on any atom is -0.444 e. The summed E-state index contributed by atoms with van der Waals surface area (Å²) in [6.07, 6.45) is -1.16. The van der Waals surface area contributed by atoms with E-state index in [9.17, 15) is 14.4 Å². The molecule has 0 aliphatic rings. The molecule has 1 rings (SSSR count). The molecule has 30 heavy (non-hydrogen) atoms. The van der Waals surface area contributed by atoms with Gasteiger partial charge in [-0.15, -0.1) is 0 Å². The standard InChI is InChI=1S/C21H32N4O5/c1-8-16(26)23-15-11-9-10-14(12-15)13-22-17(24-18(27)29-20(2,3)4)25-19(28)30-21(5,6)7/h9-12H,8,13H2,1-7H3,(H,23,26)(H2,22,24,25,27,28). The first-order chi connectivity index (χ1) is 13.8. The first kappa shape index (κ1) is 24.9. The molecule has 0 aliphatic carbocycles. The van der Waals surface area contributed by atoms with Crippen LogP contribution in [0.15, 0.2) is 29.3 Å². The maximum absolute atomic E-state index is 12.1. The highest BCUT2D eigenvalue weighted by atomic mass is 16.6. The third-order valence-corrected chi connectivity index (χ3v) is 3.19. The van der Waals surface area contributed by atoms with Crippen LogP contribution in [-0.4, -0.2) is 35.3 Å². The Morgan fingerprint density at radius 1 is 0.933 bits per heavy atom. The molecule has 9 nitrogen and oxygen atoms in total. The molecule has 0 saturated heterocycles. The molecule has 0 bridgehead atoms. The van der Waals surface area contributed by atoms with E-state index in [-0.39, 0.29) is 18.4 Å².